The van der Waals surface area contributed by atoms with E-state index in [-0.39, 0.29) is 5.41 Å². The summed E-state index contributed by atoms with van der Waals surface area (Å²) in [6.07, 6.45) is 11.8. The molecule has 1 aliphatic carbocycles. The van der Waals surface area contributed by atoms with Crippen LogP contribution in [-0.4, -0.2) is 72.3 Å². The minimum Gasteiger partial charge on any atom is -0.317 e. The molecule has 0 saturated carbocycles. The Morgan fingerprint density at radius 3 is 0.973 bits per heavy atom. The highest BCUT2D eigenvalue weighted by Crippen LogP contribution is 2.51. The summed E-state index contributed by atoms with van der Waals surface area (Å²) < 4.78 is 13.9. The summed E-state index contributed by atoms with van der Waals surface area (Å²) >= 11 is 0. The van der Waals surface area contributed by atoms with E-state index in [9.17, 15) is 0 Å². The Balaban J connectivity index is 0.000000107. The summed E-state index contributed by atoms with van der Waals surface area (Å²) in [5.74, 6) is 2.62. The molecule has 0 radical (unpaired) electrons. The molecule has 0 N–H and O–H groups in total. The first-order valence-electron chi connectivity index (χ1n) is 49.6. The maximum atomic E-state index is 5.36. The van der Waals surface area contributed by atoms with Crippen LogP contribution in [0.3, 0.4) is 0 Å². The standard InChI is InChI=1S/C49H34N4.C45H29N5.C38H24N6/c1-49(2)41-20-9-6-17-36(41)37-24-23-32(28-42(37)49)47-39-19-7-10-21-43(39)50-48(51-47)33-13-12-16-35(27-33)53-44-22-11-8-18-38(44)40-30-45-31(29-46(40)53)25-26-52(45)34-14-4-3-5-15-34;1-2-12-34(13-3-1)49-26-24-32-28-43-38(29-42(32)49)36-15-5-7-19-41(36)50(43)35-14-10-11-33(27-35)45-47-40-18-6-4-16-37(40)44(48-45)31-22-20-30(21-23-31)39-17-8-9-25-46-39;1-2-11-27(12-3-1)43-21-18-25-23-35-31(24-34(25)43)29-14-5-7-17-33(29)44(35)28-13-8-10-26(22-28)37-41-32-16-6-4-15-30(32)36(42-37)38-39-19-9-20-40-38/h3-30H,1-2H3;1-29H;1-24H. The molecular weight excluding hydrogens is 1800 g/mol. The van der Waals surface area contributed by atoms with Crippen LogP contribution in [0.1, 0.15) is 25.0 Å². The molecule has 1 aliphatic rings. The van der Waals surface area contributed by atoms with Crippen LogP contribution in [0.15, 0.2) is 492 Å². The van der Waals surface area contributed by atoms with E-state index in [1.165, 1.54) is 98.3 Å². The summed E-state index contributed by atoms with van der Waals surface area (Å²) in [5.41, 5.74) is 34.7. The Morgan fingerprint density at radius 1 is 0.190 bits per heavy atom. The lowest BCUT2D eigenvalue weighted by atomic mass is 9.82. The Bertz CT molecular complexity index is 10300. The molecule has 30 rings (SSSR count). The van der Waals surface area contributed by atoms with Crippen LogP contribution in [0.4, 0.5) is 0 Å². The van der Waals surface area contributed by atoms with Gasteiger partial charge < -0.3 is 27.4 Å². The Morgan fingerprint density at radius 2 is 0.537 bits per heavy atom. The number of rotatable bonds is 13. The van der Waals surface area contributed by atoms with Crippen LogP contribution in [-0.2, 0) is 5.41 Å². The van der Waals surface area contributed by atoms with E-state index in [0.717, 1.165) is 145 Å². The predicted octanol–water partition coefficient (Wildman–Crippen LogP) is 32.2. The monoisotopic (exact) mass is 1880 g/mol. The highest BCUT2D eigenvalue weighted by molar-refractivity contribution is 6.17. The SMILES string of the molecule is CC1(C)c2ccccc2-c2ccc(-c3nc(-c4cccc(-n5c6ccccc6c6cc7c(ccn7-c7ccccc7)cc65)c4)nc4ccccc34)cc21.c1ccc(-n2ccc3cc4c(cc32)c2ccccc2n4-c2cccc(-c3nc(-c4ccc(-c5ccccn5)cc4)c4ccccc4n3)c2)cc1.c1ccc(-n2ccc3cc4c(cc32)c2ccccc2n4-c2cccc(-c3nc(-c4ncccn4)c4ccccc4n3)c2)cc1. The fraction of sp³-hybridized carbons (Fsp3) is 0.0227. The van der Waals surface area contributed by atoms with Gasteiger partial charge in [0.1, 0.15) is 5.69 Å². The fourth-order valence-electron chi connectivity index (χ4n) is 22.3. The van der Waals surface area contributed by atoms with Gasteiger partial charge in [-0.1, -0.05) is 281 Å². The second-order valence-corrected chi connectivity index (χ2v) is 38.1. The topological polar surface area (TPSA) is 146 Å². The molecule has 690 valence electrons. The fourth-order valence-corrected chi connectivity index (χ4v) is 22.3. The molecule has 0 atom stereocenters. The van der Waals surface area contributed by atoms with Crippen LogP contribution in [0.25, 0.3) is 256 Å². The molecule has 11 heterocycles. The molecule has 0 fully saturated rings. The average molecular weight is 1880 g/mol. The van der Waals surface area contributed by atoms with Gasteiger partial charge >= 0.3 is 0 Å². The largest absolute Gasteiger partial charge is 0.317 e. The lowest BCUT2D eigenvalue weighted by Gasteiger charge is -2.22. The van der Waals surface area contributed by atoms with Gasteiger partial charge in [-0.25, -0.2) is 39.9 Å². The zero-order valence-corrected chi connectivity index (χ0v) is 80.0. The van der Waals surface area contributed by atoms with E-state index in [0.29, 0.717) is 23.3 Å². The molecule has 0 saturated heterocycles. The molecule has 0 bridgehead atoms. The Kier molecular flexibility index (Phi) is 20.2. The van der Waals surface area contributed by atoms with Crippen LogP contribution < -0.4 is 0 Å². The van der Waals surface area contributed by atoms with Crippen molar-refractivity contribution in [3.8, 4) is 125 Å². The first-order chi connectivity index (χ1) is 72.6. The molecule has 0 unspecified atom stereocenters. The van der Waals surface area contributed by atoms with Crippen molar-refractivity contribution in [3.63, 3.8) is 0 Å². The van der Waals surface area contributed by atoms with Crippen LogP contribution in [0.5, 0.6) is 0 Å². The van der Waals surface area contributed by atoms with Crippen molar-refractivity contribution in [1.29, 1.82) is 0 Å². The number of fused-ring (bicyclic) bond motifs is 18. The van der Waals surface area contributed by atoms with Gasteiger partial charge in [-0.3, -0.25) is 4.98 Å². The minimum atomic E-state index is -0.0972. The van der Waals surface area contributed by atoms with Crippen molar-refractivity contribution >= 4 is 131 Å². The van der Waals surface area contributed by atoms with Gasteiger partial charge in [-0.15, -0.1) is 0 Å². The molecule has 11 aromatic heterocycles. The molecular formula is C132H87N15. The van der Waals surface area contributed by atoms with Crippen LogP contribution >= 0.6 is 0 Å². The van der Waals surface area contributed by atoms with E-state index in [2.05, 4.69) is 463 Å². The number of benzene rings is 18. The van der Waals surface area contributed by atoms with Gasteiger partial charge in [-0.2, -0.15) is 0 Å². The Labute approximate surface area is 844 Å². The average Bonchev–Trinajstić information content (AvgIpc) is 1.58. The Hall–Kier alpha value is -19.8. The van der Waals surface area contributed by atoms with Crippen molar-refractivity contribution in [3.05, 3.63) is 503 Å². The highest BCUT2D eigenvalue weighted by atomic mass is 15.0. The van der Waals surface area contributed by atoms with Gasteiger partial charge in [0.15, 0.2) is 23.3 Å². The third-order valence-corrected chi connectivity index (χ3v) is 29.2. The molecule has 29 aromatic rings. The number of pyridine rings is 1. The normalized spacial score (nSPS) is 12.2. The quantitative estimate of drug-likeness (QED) is 0.110. The summed E-state index contributed by atoms with van der Waals surface area (Å²) in [6.45, 7) is 4.66. The van der Waals surface area contributed by atoms with Gasteiger partial charge in [0.2, 0.25) is 0 Å². The van der Waals surface area contributed by atoms with Crippen LogP contribution in [0.2, 0.25) is 0 Å². The van der Waals surface area contributed by atoms with Crippen molar-refractivity contribution in [2.24, 2.45) is 0 Å². The van der Waals surface area contributed by atoms with Crippen molar-refractivity contribution in [1.82, 2.24) is 72.3 Å². The number of nitrogens with zero attached hydrogens (tertiary/aromatic N) is 15. The number of hydrogen-bond donors (Lipinski definition) is 0. The molecule has 0 aliphatic heterocycles. The number of aromatic nitrogens is 15. The van der Waals surface area contributed by atoms with Gasteiger partial charge in [0, 0.05) is 175 Å². The number of hydrogen-bond acceptors (Lipinski definition) is 9. The molecule has 15 nitrogen and oxygen atoms in total. The van der Waals surface area contributed by atoms with Crippen LogP contribution in [0, 0.1) is 0 Å². The summed E-state index contributed by atoms with van der Waals surface area (Å²) in [4.78, 5) is 44.3. The third-order valence-electron chi connectivity index (χ3n) is 29.2. The summed E-state index contributed by atoms with van der Waals surface area (Å²) in [7, 11) is 0. The van der Waals surface area contributed by atoms with Gasteiger partial charge in [-0.05, 0) is 210 Å². The minimum absolute atomic E-state index is 0.0972. The van der Waals surface area contributed by atoms with Crippen molar-refractivity contribution < 1.29 is 0 Å². The maximum Gasteiger partial charge on any atom is 0.178 e. The zero-order chi connectivity index (χ0) is 97.3. The molecule has 0 amide bonds. The van der Waals surface area contributed by atoms with E-state index < -0.39 is 0 Å². The molecule has 15 heteroatoms. The lowest BCUT2D eigenvalue weighted by Crippen LogP contribution is -2.15. The predicted molar refractivity (Wildman–Crippen MR) is 601 cm³/mol. The van der Waals surface area contributed by atoms with E-state index in [1.807, 2.05) is 72.9 Å². The van der Waals surface area contributed by atoms with Gasteiger partial charge in [0.25, 0.3) is 0 Å². The molecule has 18 aromatic carbocycles. The molecule has 147 heavy (non-hydrogen) atoms. The maximum absolute atomic E-state index is 5.36. The smallest absolute Gasteiger partial charge is 0.178 e. The van der Waals surface area contributed by atoms with Gasteiger partial charge in [0.05, 0.1) is 83.3 Å². The zero-order valence-electron chi connectivity index (χ0n) is 80.0. The van der Waals surface area contributed by atoms with E-state index in [1.54, 1.807) is 12.4 Å². The second kappa shape index (κ2) is 34.9. The van der Waals surface area contributed by atoms with E-state index >= 15 is 0 Å². The number of para-hydroxylation sites is 9. The first-order valence-corrected chi connectivity index (χ1v) is 49.6. The first kappa shape index (κ1) is 85.2. The van der Waals surface area contributed by atoms with Crippen molar-refractivity contribution in [2.45, 2.75) is 19.3 Å². The second-order valence-electron chi connectivity index (χ2n) is 38.1. The van der Waals surface area contributed by atoms with E-state index in [4.69, 9.17) is 29.9 Å². The highest BCUT2D eigenvalue weighted by Gasteiger charge is 2.36. The third kappa shape index (κ3) is 14.6. The van der Waals surface area contributed by atoms with Crippen molar-refractivity contribution in [2.75, 3.05) is 0 Å². The summed E-state index contributed by atoms with van der Waals surface area (Å²) in [6, 6.07) is 160. The summed E-state index contributed by atoms with van der Waals surface area (Å²) in [5, 5.41) is 13.9. The lowest BCUT2D eigenvalue weighted by molar-refractivity contribution is 0.660. The molecule has 0 spiro atoms.